The van der Waals surface area contributed by atoms with E-state index in [1.54, 1.807) is 11.3 Å². The molecule has 1 heterocycles. The van der Waals surface area contributed by atoms with Crippen LogP contribution in [0.15, 0.2) is 23.7 Å². The van der Waals surface area contributed by atoms with Crippen LogP contribution in [-0.2, 0) is 4.79 Å². The third-order valence-corrected chi connectivity index (χ3v) is 3.43. The molecule has 1 aromatic heterocycles. The van der Waals surface area contributed by atoms with Gasteiger partial charge < -0.3 is 10.6 Å². The summed E-state index contributed by atoms with van der Waals surface area (Å²) < 4.78 is 1.13. The van der Waals surface area contributed by atoms with Crippen molar-refractivity contribution in [3.05, 3.63) is 23.7 Å². The van der Waals surface area contributed by atoms with E-state index in [1.165, 1.54) is 0 Å². The Morgan fingerprint density at radius 2 is 2.33 bits per heavy atom. The molecule has 0 spiro atoms. The molecule has 2 N–H and O–H groups in total. The fourth-order valence-electron chi connectivity index (χ4n) is 1.61. The molecule has 0 bridgehead atoms. The van der Waals surface area contributed by atoms with Crippen LogP contribution >= 0.6 is 11.3 Å². The number of anilines is 1. The van der Waals surface area contributed by atoms with E-state index in [9.17, 15) is 4.79 Å². The summed E-state index contributed by atoms with van der Waals surface area (Å²) in [7, 11) is 0. The summed E-state index contributed by atoms with van der Waals surface area (Å²) in [6, 6.07) is 5.93. The van der Waals surface area contributed by atoms with Crippen LogP contribution in [0, 0.1) is 0 Å². The van der Waals surface area contributed by atoms with Crippen molar-refractivity contribution in [2.75, 3.05) is 18.4 Å². The van der Waals surface area contributed by atoms with Crippen molar-refractivity contribution in [2.24, 2.45) is 0 Å². The summed E-state index contributed by atoms with van der Waals surface area (Å²) in [4.78, 5) is 15.7. The number of hydrogen-bond donors (Lipinski definition) is 2. The molecule has 2 aromatic rings. The van der Waals surface area contributed by atoms with Crippen LogP contribution in [0.25, 0.3) is 10.2 Å². The van der Waals surface area contributed by atoms with Crippen LogP contribution < -0.4 is 10.6 Å². The van der Waals surface area contributed by atoms with E-state index in [1.807, 2.05) is 23.7 Å². The first-order valence-electron chi connectivity index (χ1n) is 6.13. The van der Waals surface area contributed by atoms with Gasteiger partial charge in [0, 0.05) is 12.2 Å². The minimum Gasteiger partial charge on any atom is -0.376 e. The van der Waals surface area contributed by atoms with E-state index in [4.69, 9.17) is 0 Å². The molecule has 96 valence electrons. The van der Waals surface area contributed by atoms with Gasteiger partial charge in [0.25, 0.3) is 0 Å². The molecule has 0 fully saturated rings. The molecule has 1 aromatic carbocycles. The van der Waals surface area contributed by atoms with Crippen molar-refractivity contribution < 1.29 is 4.79 Å². The van der Waals surface area contributed by atoms with Crippen molar-refractivity contribution in [1.29, 1.82) is 0 Å². The molecule has 5 heteroatoms. The molecule has 0 aliphatic rings. The van der Waals surface area contributed by atoms with Gasteiger partial charge in [-0.3, -0.25) is 4.79 Å². The molecule has 0 atom stereocenters. The van der Waals surface area contributed by atoms with Gasteiger partial charge in [0.2, 0.25) is 5.91 Å². The Morgan fingerprint density at radius 1 is 1.44 bits per heavy atom. The maximum absolute atomic E-state index is 11.5. The summed E-state index contributed by atoms with van der Waals surface area (Å²) in [5, 5.41) is 5.99. The highest BCUT2D eigenvalue weighted by atomic mass is 32.1. The molecule has 4 nitrogen and oxygen atoms in total. The van der Waals surface area contributed by atoms with Crippen molar-refractivity contribution in [3.63, 3.8) is 0 Å². The lowest BCUT2D eigenvalue weighted by Crippen LogP contribution is -2.30. The second-order valence-corrected chi connectivity index (χ2v) is 4.98. The van der Waals surface area contributed by atoms with Gasteiger partial charge in [-0.1, -0.05) is 13.3 Å². The number of nitrogens with zero attached hydrogens (tertiary/aromatic N) is 1. The number of rotatable bonds is 6. The number of aromatic nitrogens is 1. The Morgan fingerprint density at radius 3 is 3.17 bits per heavy atom. The number of hydrogen-bond acceptors (Lipinski definition) is 4. The van der Waals surface area contributed by atoms with Crippen molar-refractivity contribution >= 4 is 33.1 Å². The monoisotopic (exact) mass is 263 g/mol. The number of thiazole rings is 1. The molecule has 0 aliphatic heterocycles. The Bertz CT molecular complexity index is 524. The summed E-state index contributed by atoms with van der Waals surface area (Å²) in [6.45, 7) is 3.17. The van der Waals surface area contributed by atoms with Crippen LogP contribution in [-0.4, -0.2) is 24.0 Å². The topological polar surface area (TPSA) is 54.0 Å². The molecule has 1 amide bonds. The van der Waals surface area contributed by atoms with Crippen LogP contribution in [0.4, 0.5) is 5.69 Å². The molecule has 0 saturated heterocycles. The van der Waals surface area contributed by atoms with Gasteiger partial charge in [0.15, 0.2) is 0 Å². The minimum absolute atomic E-state index is 0.0350. The highest BCUT2D eigenvalue weighted by Crippen LogP contribution is 2.21. The van der Waals surface area contributed by atoms with E-state index in [-0.39, 0.29) is 5.91 Å². The zero-order valence-electron chi connectivity index (χ0n) is 10.4. The number of unbranched alkanes of at least 4 members (excludes halogenated alkanes) is 1. The normalized spacial score (nSPS) is 10.5. The largest absolute Gasteiger partial charge is 0.376 e. The minimum atomic E-state index is 0.0350. The molecule has 18 heavy (non-hydrogen) atoms. The SMILES string of the molecule is CCCCNC(=O)CNc1ccc2ncsc2c1. The summed E-state index contributed by atoms with van der Waals surface area (Å²) in [6.07, 6.45) is 2.12. The molecule has 0 unspecified atom stereocenters. The number of benzene rings is 1. The fraction of sp³-hybridized carbons (Fsp3) is 0.385. The first-order chi connectivity index (χ1) is 8.79. The van der Waals surface area contributed by atoms with Crippen LogP contribution in [0.2, 0.25) is 0 Å². The summed E-state index contributed by atoms with van der Waals surface area (Å²) in [5.41, 5.74) is 3.78. The maximum Gasteiger partial charge on any atom is 0.239 e. The third kappa shape index (κ3) is 3.43. The average molecular weight is 263 g/mol. The average Bonchev–Trinajstić information content (AvgIpc) is 2.84. The van der Waals surface area contributed by atoms with E-state index < -0.39 is 0 Å². The van der Waals surface area contributed by atoms with Gasteiger partial charge in [-0.05, 0) is 24.6 Å². The van der Waals surface area contributed by atoms with Crippen LogP contribution in [0.5, 0.6) is 0 Å². The Labute approximate surface area is 110 Å². The first kappa shape index (κ1) is 12.8. The van der Waals surface area contributed by atoms with Gasteiger partial charge in [0.1, 0.15) is 0 Å². The zero-order valence-corrected chi connectivity index (χ0v) is 11.2. The van der Waals surface area contributed by atoms with Gasteiger partial charge >= 0.3 is 0 Å². The molecule has 0 radical (unpaired) electrons. The molecule has 0 aliphatic carbocycles. The van der Waals surface area contributed by atoms with E-state index >= 15 is 0 Å². The van der Waals surface area contributed by atoms with Gasteiger partial charge in [-0.25, -0.2) is 4.98 Å². The molecule has 2 rings (SSSR count). The van der Waals surface area contributed by atoms with Crippen LogP contribution in [0.3, 0.4) is 0 Å². The van der Waals surface area contributed by atoms with Crippen molar-refractivity contribution in [2.45, 2.75) is 19.8 Å². The Balaban J connectivity index is 1.83. The maximum atomic E-state index is 11.5. The Hall–Kier alpha value is -1.62. The quantitative estimate of drug-likeness (QED) is 0.788. The lowest BCUT2D eigenvalue weighted by atomic mass is 10.3. The van der Waals surface area contributed by atoms with Gasteiger partial charge in [-0.15, -0.1) is 11.3 Å². The number of carbonyl (C=O) groups is 1. The predicted octanol–water partition coefficient (Wildman–Crippen LogP) is 2.62. The van der Waals surface area contributed by atoms with Crippen molar-refractivity contribution in [1.82, 2.24) is 10.3 Å². The van der Waals surface area contributed by atoms with E-state index in [0.717, 1.165) is 35.3 Å². The first-order valence-corrected chi connectivity index (χ1v) is 7.01. The van der Waals surface area contributed by atoms with Crippen LogP contribution in [0.1, 0.15) is 19.8 Å². The Kier molecular flexibility index (Phi) is 4.52. The summed E-state index contributed by atoms with van der Waals surface area (Å²) >= 11 is 1.60. The van der Waals surface area contributed by atoms with E-state index in [2.05, 4.69) is 22.5 Å². The summed E-state index contributed by atoms with van der Waals surface area (Å²) in [5.74, 6) is 0.0350. The number of nitrogens with one attached hydrogen (secondary N) is 2. The highest BCUT2D eigenvalue weighted by molar-refractivity contribution is 7.16. The highest BCUT2D eigenvalue weighted by Gasteiger charge is 2.02. The lowest BCUT2D eigenvalue weighted by Gasteiger charge is -2.07. The predicted molar refractivity (Wildman–Crippen MR) is 76.0 cm³/mol. The van der Waals surface area contributed by atoms with Gasteiger partial charge in [-0.2, -0.15) is 0 Å². The number of carbonyl (C=O) groups excluding carboxylic acids is 1. The number of fused-ring (bicyclic) bond motifs is 1. The fourth-order valence-corrected chi connectivity index (χ4v) is 2.33. The zero-order chi connectivity index (χ0) is 12.8. The smallest absolute Gasteiger partial charge is 0.239 e. The number of amides is 1. The second-order valence-electron chi connectivity index (χ2n) is 4.09. The second kappa shape index (κ2) is 6.35. The van der Waals surface area contributed by atoms with Gasteiger partial charge in [0.05, 0.1) is 22.3 Å². The molecule has 0 saturated carbocycles. The van der Waals surface area contributed by atoms with E-state index in [0.29, 0.717) is 6.54 Å². The standard InChI is InChI=1S/C13H17N3OS/c1-2-3-6-14-13(17)8-15-10-4-5-11-12(7-10)18-9-16-11/h4-5,7,9,15H,2-3,6,8H2,1H3,(H,14,17). The lowest BCUT2D eigenvalue weighted by molar-refractivity contribution is -0.119. The molecular weight excluding hydrogens is 246 g/mol. The third-order valence-electron chi connectivity index (χ3n) is 2.64. The molecular formula is C13H17N3OS. The van der Waals surface area contributed by atoms with Crippen molar-refractivity contribution in [3.8, 4) is 0 Å².